The molecular formula is C19H17FZr. The molecule has 0 radical (unpaired) electrons. The van der Waals surface area contributed by atoms with Crippen molar-refractivity contribution >= 4 is 12.2 Å². The summed E-state index contributed by atoms with van der Waals surface area (Å²) in [5, 5.41) is 0. The van der Waals surface area contributed by atoms with Gasteiger partial charge in [0.2, 0.25) is 0 Å². The van der Waals surface area contributed by atoms with Gasteiger partial charge in [0.05, 0.1) is 7.18 Å². The van der Waals surface area contributed by atoms with Crippen LogP contribution in [0.25, 0.3) is 12.2 Å². The van der Waals surface area contributed by atoms with Crippen molar-refractivity contribution in [3.8, 4) is 0 Å². The first-order valence-electron chi connectivity index (χ1n) is 7.10. The van der Waals surface area contributed by atoms with E-state index >= 15 is 0 Å². The molecule has 104 valence electrons. The van der Waals surface area contributed by atoms with Gasteiger partial charge in [-0.05, 0) is 0 Å². The SMILES string of the molecule is C1=C[CH]([Zr][CH]2C=Cc3ccccc32)c2ccccc21.CF. The smallest absolute Gasteiger partial charge is 0.0785 e. The molecule has 21 heavy (non-hydrogen) atoms. The van der Waals surface area contributed by atoms with Gasteiger partial charge in [-0.2, -0.15) is 0 Å². The minimum Gasteiger partial charge on any atom is -0.255 e. The van der Waals surface area contributed by atoms with Crippen LogP contribution in [0.3, 0.4) is 0 Å². The average molecular weight is 356 g/mol. The summed E-state index contributed by atoms with van der Waals surface area (Å²) >= 11 is -0.542. The quantitative estimate of drug-likeness (QED) is 0.695. The van der Waals surface area contributed by atoms with E-state index in [1.165, 1.54) is 11.1 Å². The van der Waals surface area contributed by atoms with Crippen molar-refractivity contribution in [2.24, 2.45) is 0 Å². The summed E-state index contributed by atoms with van der Waals surface area (Å²) in [7, 11) is 0.500. The van der Waals surface area contributed by atoms with Crippen LogP contribution in [0.1, 0.15) is 29.5 Å². The van der Waals surface area contributed by atoms with Crippen LogP contribution >= 0.6 is 0 Å². The Balaban J connectivity index is 0.000000636. The van der Waals surface area contributed by atoms with Gasteiger partial charge in [0.1, 0.15) is 0 Å². The Hall–Kier alpha value is -1.27. The molecule has 2 aliphatic rings. The van der Waals surface area contributed by atoms with Crippen LogP contribution < -0.4 is 0 Å². The standard InChI is InChI=1S/2C9H7.CH3F.Zr/c2*1-2-5-9-7-3-6-8(9)4-1;1-2;/h2*1-7H;1H3;. The molecule has 0 spiro atoms. The van der Waals surface area contributed by atoms with Gasteiger partial charge in [-0.1, -0.05) is 0 Å². The van der Waals surface area contributed by atoms with E-state index in [9.17, 15) is 4.39 Å². The third kappa shape index (κ3) is 2.87. The molecule has 2 unspecified atom stereocenters. The summed E-state index contributed by atoms with van der Waals surface area (Å²) in [6.07, 6.45) is 9.49. The number of hydrogen-bond donors (Lipinski definition) is 0. The molecule has 0 fully saturated rings. The molecule has 0 bridgehead atoms. The summed E-state index contributed by atoms with van der Waals surface area (Å²) in [5.74, 6) is 0. The number of rotatable bonds is 2. The topological polar surface area (TPSA) is 0 Å². The largest absolute Gasteiger partial charge is 0.255 e. The van der Waals surface area contributed by atoms with Crippen molar-refractivity contribution < 1.29 is 27.6 Å². The fraction of sp³-hybridized carbons (Fsp3) is 0.158. The van der Waals surface area contributed by atoms with E-state index in [0.717, 1.165) is 7.25 Å². The van der Waals surface area contributed by atoms with Crippen molar-refractivity contribution in [3.63, 3.8) is 0 Å². The molecule has 0 saturated heterocycles. The molecule has 0 amide bonds. The fourth-order valence-corrected chi connectivity index (χ4v) is 7.13. The van der Waals surface area contributed by atoms with Gasteiger partial charge in [0.25, 0.3) is 0 Å². The second kappa shape index (κ2) is 6.66. The Labute approximate surface area is 137 Å². The summed E-state index contributed by atoms with van der Waals surface area (Å²) in [6.45, 7) is 0. The van der Waals surface area contributed by atoms with Gasteiger partial charge in [-0.3, -0.25) is 4.39 Å². The van der Waals surface area contributed by atoms with E-state index in [-0.39, 0.29) is 0 Å². The number of alkyl halides is 1. The van der Waals surface area contributed by atoms with Crippen LogP contribution in [0.15, 0.2) is 60.7 Å². The Kier molecular flexibility index (Phi) is 4.65. The fourth-order valence-electron chi connectivity index (χ4n) is 2.98. The van der Waals surface area contributed by atoms with E-state index in [0.29, 0.717) is 7.18 Å². The zero-order valence-corrected chi connectivity index (χ0v) is 14.4. The molecule has 0 saturated carbocycles. The molecule has 0 heterocycles. The van der Waals surface area contributed by atoms with E-state index in [1.807, 2.05) is 0 Å². The molecule has 0 aliphatic heterocycles. The average Bonchev–Trinajstić information content (AvgIpc) is 3.15. The second-order valence-corrected chi connectivity index (χ2v) is 8.98. The van der Waals surface area contributed by atoms with Gasteiger partial charge in [-0.15, -0.1) is 0 Å². The second-order valence-electron chi connectivity index (χ2n) is 5.10. The molecule has 0 nitrogen and oxygen atoms in total. The number of hydrogen-bond acceptors (Lipinski definition) is 0. The van der Waals surface area contributed by atoms with Crippen molar-refractivity contribution in [2.75, 3.05) is 7.18 Å². The van der Waals surface area contributed by atoms with E-state index < -0.39 is 23.2 Å². The molecule has 2 atom stereocenters. The van der Waals surface area contributed by atoms with Crippen molar-refractivity contribution in [2.45, 2.75) is 7.25 Å². The van der Waals surface area contributed by atoms with Gasteiger partial charge in [-0.25, -0.2) is 0 Å². The minimum atomic E-state index is -0.542. The molecule has 2 aromatic carbocycles. The van der Waals surface area contributed by atoms with E-state index in [1.54, 1.807) is 11.1 Å². The number of benzene rings is 2. The van der Waals surface area contributed by atoms with Crippen LogP contribution in [0.5, 0.6) is 0 Å². The molecule has 2 heteroatoms. The summed E-state index contributed by atoms with van der Waals surface area (Å²) in [6, 6.07) is 17.7. The maximum atomic E-state index is 9.50. The Morgan fingerprint density at radius 1 is 0.714 bits per heavy atom. The van der Waals surface area contributed by atoms with Gasteiger partial charge >= 0.3 is 126 Å². The van der Waals surface area contributed by atoms with E-state index in [2.05, 4.69) is 72.8 Å². The van der Waals surface area contributed by atoms with Crippen molar-refractivity contribution in [1.29, 1.82) is 0 Å². The van der Waals surface area contributed by atoms with Crippen LogP contribution in [0.4, 0.5) is 4.39 Å². The molecule has 2 aliphatic carbocycles. The minimum absolute atomic E-state index is 0.500. The molecule has 0 N–H and O–H groups in total. The monoisotopic (exact) mass is 354 g/mol. The summed E-state index contributed by atoms with van der Waals surface area (Å²) in [5.41, 5.74) is 5.99. The van der Waals surface area contributed by atoms with Crippen LogP contribution in [-0.4, -0.2) is 7.18 Å². The predicted molar refractivity (Wildman–Crippen MR) is 83.5 cm³/mol. The maximum Gasteiger partial charge on any atom is 0.0785 e. The van der Waals surface area contributed by atoms with Crippen LogP contribution in [0.2, 0.25) is 0 Å². The Bertz CT molecular complexity index is 628. The summed E-state index contributed by atoms with van der Waals surface area (Å²) < 4.78 is 11.0. The third-order valence-electron chi connectivity index (χ3n) is 3.96. The van der Waals surface area contributed by atoms with Gasteiger partial charge < -0.3 is 0 Å². The van der Waals surface area contributed by atoms with Crippen LogP contribution in [0, 0.1) is 0 Å². The molecular weight excluding hydrogens is 338 g/mol. The van der Waals surface area contributed by atoms with Crippen LogP contribution in [-0.2, 0) is 23.2 Å². The molecule has 4 rings (SSSR count). The van der Waals surface area contributed by atoms with E-state index in [4.69, 9.17) is 0 Å². The number of halogens is 1. The number of fused-ring (bicyclic) bond motifs is 2. The summed E-state index contributed by atoms with van der Waals surface area (Å²) in [4.78, 5) is 0. The third-order valence-corrected chi connectivity index (χ3v) is 8.20. The molecule has 2 aromatic rings. The Morgan fingerprint density at radius 2 is 1.14 bits per heavy atom. The zero-order chi connectivity index (χ0) is 14.7. The maximum absolute atomic E-state index is 9.50. The molecule has 0 aromatic heterocycles. The first-order valence-corrected chi connectivity index (χ1v) is 9.94. The Morgan fingerprint density at radius 3 is 1.62 bits per heavy atom. The normalized spacial score (nSPS) is 20.5. The van der Waals surface area contributed by atoms with Crippen molar-refractivity contribution in [3.05, 3.63) is 82.9 Å². The van der Waals surface area contributed by atoms with Gasteiger partial charge in [0, 0.05) is 0 Å². The van der Waals surface area contributed by atoms with Crippen molar-refractivity contribution in [1.82, 2.24) is 0 Å². The zero-order valence-electron chi connectivity index (χ0n) is 12.0. The number of allylic oxidation sites excluding steroid dienone is 2. The predicted octanol–water partition coefficient (Wildman–Crippen LogP) is 5.19. The first-order chi connectivity index (χ1) is 10.4. The first kappa shape index (κ1) is 14.7. The van der Waals surface area contributed by atoms with Gasteiger partial charge in [0.15, 0.2) is 0 Å².